The molecular weight excluding hydrogens is 198 g/mol. The number of aliphatic imine (C=N–C) groups is 1. The minimum Gasteiger partial charge on any atom is -0.369 e. The van der Waals surface area contributed by atoms with Crippen molar-refractivity contribution in [3.63, 3.8) is 0 Å². The zero-order valence-corrected chi connectivity index (χ0v) is 9.77. The van der Waals surface area contributed by atoms with Crippen LogP contribution in [0.15, 0.2) is 23.2 Å². The van der Waals surface area contributed by atoms with Crippen LogP contribution in [0.25, 0.3) is 0 Å². The largest absolute Gasteiger partial charge is 0.369 e. The first kappa shape index (κ1) is 9.70. The Morgan fingerprint density at radius 1 is 1.44 bits per heavy atom. The van der Waals surface area contributed by atoms with Crippen molar-refractivity contribution in [3.05, 3.63) is 29.3 Å². The van der Waals surface area contributed by atoms with E-state index in [4.69, 9.17) is 5.73 Å². The first-order chi connectivity index (χ1) is 7.66. The van der Waals surface area contributed by atoms with Gasteiger partial charge in [0.2, 0.25) is 0 Å². The molecule has 0 aliphatic carbocycles. The molecule has 3 nitrogen and oxygen atoms in total. The minimum atomic E-state index is 0.480. The highest BCUT2D eigenvalue weighted by Crippen LogP contribution is 2.42. The lowest BCUT2D eigenvalue weighted by molar-refractivity contribution is 0.181. The number of nitrogens with zero attached hydrogens (tertiary/aromatic N) is 2. The average molecular weight is 215 g/mol. The van der Waals surface area contributed by atoms with E-state index in [0.29, 0.717) is 17.9 Å². The smallest absolute Gasteiger partial charge is 0.197 e. The quantitative estimate of drug-likeness (QED) is 0.782. The van der Waals surface area contributed by atoms with Crippen LogP contribution in [-0.4, -0.2) is 17.4 Å². The maximum Gasteiger partial charge on any atom is 0.197 e. The lowest BCUT2D eigenvalue weighted by atomic mass is 9.90. The first-order valence-electron chi connectivity index (χ1n) is 5.91. The van der Waals surface area contributed by atoms with E-state index in [1.54, 1.807) is 0 Å². The number of guanidine groups is 1. The van der Waals surface area contributed by atoms with Crippen LogP contribution in [0.1, 0.15) is 43.4 Å². The van der Waals surface area contributed by atoms with E-state index in [0.717, 1.165) is 12.2 Å². The van der Waals surface area contributed by atoms with Gasteiger partial charge in [-0.3, -0.25) is 0 Å². The van der Waals surface area contributed by atoms with Crippen molar-refractivity contribution in [1.29, 1.82) is 0 Å². The number of benzene rings is 1. The summed E-state index contributed by atoms with van der Waals surface area (Å²) in [5.74, 6) is 1.23. The van der Waals surface area contributed by atoms with Gasteiger partial charge in [-0.2, -0.15) is 0 Å². The van der Waals surface area contributed by atoms with Crippen LogP contribution in [0, 0.1) is 0 Å². The molecule has 84 valence electrons. The van der Waals surface area contributed by atoms with Crippen molar-refractivity contribution in [1.82, 2.24) is 4.90 Å². The molecule has 1 aromatic rings. The molecule has 0 bridgehead atoms. The van der Waals surface area contributed by atoms with E-state index in [9.17, 15) is 0 Å². The van der Waals surface area contributed by atoms with Gasteiger partial charge in [0.25, 0.3) is 0 Å². The fourth-order valence-electron chi connectivity index (χ4n) is 2.47. The lowest BCUT2D eigenvalue weighted by Crippen LogP contribution is -2.50. The third-order valence-electron chi connectivity index (χ3n) is 3.63. The Hall–Kier alpha value is -1.51. The molecule has 1 fully saturated rings. The predicted molar refractivity (Wildman–Crippen MR) is 65.9 cm³/mol. The molecule has 16 heavy (non-hydrogen) atoms. The molecule has 1 atom stereocenters. The number of fused-ring (bicyclic) bond motifs is 3. The molecule has 0 radical (unpaired) electrons. The van der Waals surface area contributed by atoms with Gasteiger partial charge in [-0.05, 0) is 24.0 Å². The third-order valence-corrected chi connectivity index (χ3v) is 3.63. The SMILES string of the molecule is CC(C)c1ccc2c(c1)N=C(N)N1CCC21. The van der Waals surface area contributed by atoms with Gasteiger partial charge in [-0.25, -0.2) is 4.99 Å². The Balaban J connectivity index is 2.08. The van der Waals surface area contributed by atoms with Crippen LogP contribution < -0.4 is 5.73 Å². The summed E-state index contributed by atoms with van der Waals surface area (Å²) in [5.41, 5.74) is 9.68. The molecule has 0 saturated carbocycles. The van der Waals surface area contributed by atoms with Crippen LogP contribution in [-0.2, 0) is 0 Å². The molecule has 0 aromatic heterocycles. The second-order valence-electron chi connectivity index (χ2n) is 4.94. The van der Waals surface area contributed by atoms with Crippen molar-refractivity contribution in [3.8, 4) is 0 Å². The fraction of sp³-hybridized carbons (Fsp3) is 0.462. The number of hydrogen-bond acceptors (Lipinski definition) is 3. The van der Waals surface area contributed by atoms with Gasteiger partial charge >= 0.3 is 0 Å². The van der Waals surface area contributed by atoms with Crippen LogP contribution in [0.2, 0.25) is 0 Å². The standard InChI is InChI=1S/C13H17N3/c1-8(2)9-3-4-10-11(7-9)15-13(14)16-6-5-12(10)16/h3-4,7-8,12H,5-6H2,1-2H3,(H2,14,15). The van der Waals surface area contributed by atoms with Crippen LogP contribution in [0.3, 0.4) is 0 Å². The van der Waals surface area contributed by atoms with E-state index in [1.807, 2.05) is 0 Å². The van der Waals surface area contributed by atoms with Crippen molar-refractivity contribution < 1.29 is 0 Å². The van der Waals surface area contributed by atoms with Crippen molar-refractivity contribution in [2.45, 2.75) is 32.2 Å². The Bertz CT molecular complexity index is 462. The summed E-state index contributed by atoms with van der Waals surface area (Å²) in [6, 6.07) is 7.10. The molecule has 1 unspecified atom stereocenters. The molecule has 2 aliphatic heterocycles. The zero-order chi connectivity index (χ0) is 11.3. The highest BCUT2D eigenvalue weighted by atomic mass is 15.3. The number of hydrogen-bond donors (Lipinski definition) is 1. The van der Waals surface area contributed by atoms with Crippen LogP contribution in [0.5, 0.6) is 0 Å². The second kappa shape index (κ2) is 3.24. The van der Waals surface area contributed by atoms with E-state index < -0.39 is 0 Å². The molecule has 2 N–H and O–H groups in total. The lowest BCUT2D eigenvalue weighted by Gasteiger charge is -2.45. The van der Waals surface area contributed by atoms with Crippen LogP contribution in [0.4, 0.5) is 5.69 Å². The van der Waals surface area contributed by atoms with Crippen molar-refractivity contribution in [2.75, 3.05) is 6.54 Å². The van der Waals surface area contributed by atoms with Gasteiger partial charge in [-0.1, -0.05) is 26.0 Å². The molecule has 0 amide bonds. The van der Waals surface area contributed by atoms with E-state index >= 15 is 0 Å². The predicted octanol–water partition coefficient (Wildman–Crippen LogP) is 2.52. The van der Waals surface area contributed by atoms with Gasteiger partial charge in [0, 0.05) is 12.1 Å². The molecule has 0 spiro atoms. The zero-order valence-electron chi connectivity index (χ0n) is 9.77. The molecule has 1 saturated heterocycles. The highest BCUT2D eigenvalue weighted by Gasteiger charge is 2.35. The average Bonchev–Trinajstić information content (AvgIpc) is 2.16. The Morgan fingerprint density at radius 2 is 2.25 bits per heavy atom. The van der Waals surface area contributed by atoms with Crippen molar-refractivity contribution >= 4 is 11.6 Å². The summed E-state index contributed by atoms with van der Waals surface area (Å²) in [6.45, 7) is 5.45. The summed E-state index contributed by atoms with van der Waals surface area (Å²) >= 11 is 0. The Kier molecular flexibility index (Phi) is 1.96. The molecular formula is C13H17N3. The second-order valence-corrected chi connectivity index (χ2v) is 4.94. The topological polar surface area (TPSA) is 41.6 Å². The summed E-state index contributed by atoms with van der Waals surface area (Å²) in [5, 5.41) is 0. The van der Waals surface area contributed by atoms with Crippen molar-refractivity contribution in [2.24, 2.45) is 10.7 Å². The first-order valence-corrected chi connectivity index (χ1v) is 5.91. The maximum atomic E-state index is 5.94. The van der Waals surface area contributed by atoms with Gasteiger partial charge in [0.05, 0.1) is 11.7 Å². The van der Waals surface area contributed by atoms with Gasteiger partial charge in [0.15, 0.2) is 5.96 Å². The van der Waals surface area contributed by atoms with Crippen LogP contribution >= 0.6 is 0 Å². The normalized spacial score (nSPS) is 22.3. The molecule has 2 aliphatic rings. The van der Waals surface area contributed by atoms with E-state index in [1.165, 1.54) is 17.5 Å². The third kappa shape index (κ3) is 1.24. The van der Waals surface area contributed by atoms with E-state index in [-0.39, 0.29) is 0 Å². The fourth-order valence-corrected chi connectivity index (χ4v) is 2.47. The maximum absolute atomic E-state index is 5.94. The summed E-state index contributed by atoms with van der Waals surface area (Å²) < 4.78 is 0. The summed E-state index contributed by atoms with van der Waals surface area (Å²) in [7, 11) is 0. The van der Waals surface area contributed by atoms with Gasteiger partial charge in [0.1, 0.15) is 0 Å². The monoisotopic (exact) mass is 215 g/mol. The Labute approximate surface area is 96.0 Å². The molecule has 1 aromatic carbocycles. The summed E-state index contributed by atoms with van der Waals surface area (Å²) in [4.78, 5) is 6.67. The summed E-state index contributed by atoms with van der Waals surface area (Å²) in [6.07, 6.45) is 1.20. The van der Waals surface area contributed by atoms with Gasteiger partial charge in [-0.15, -0.1) is 0 Å². The number of nitrogens with two attached hydrogens (primary N) is 1. The van der Waals surface area contributed by atoms with E-state index in [2.05, 4.69) is 41.9 Å². The Morgan fingerprint density at radius 3 is 2.88 bits per heavy atom. The molecule has 3 rings (SSSR count). The number of rotatable bonds is 1. The minimum absolute atomic E-state index is 0.480. The molecule has 3 heteroatoms. The highest BCUT2D eigenvalue weighted by molar-refractivity contribution is 5.85. The van der Waals surface area contributed by atoms with Gasteiger partial charge < -0.3 is 10.6 Å². The molecule has 2 heterocycles.